The molecule has 4 aromatic rings. The Kier molecular flexibility index (Phi) is 4.44. The zero-order valence-electron chi connectivity index (χ0n) is 14.6. The molecule has 0 radical (unpaired) electrons. The van der Waals surface area contributed by atoms with Crippen LogP contribution in [0, 0.1) is 6.92 Å². The molecule has 0 saturated carbocycles. The molecule has 0 N–H and O–H groups in total. The molecule has 1 aromatic heterocycles. The van der Waals surface area contributed by atoms with Crippen LogP contribution in [0.3, 0.4) is 0 Å². The third-order valence-electron chi connectivity index (χ3n) is 4.20. The van der Waals surface area contributed by atoms with Crippen molar-refractivity contribution in [1.29, 1.82) is 0 Å². The molecule has 1 heterocycles. The van der Waals surface area contributed by atoms with E-state index in [-0.39, 0.29) is 0 Å². The van der Waals surface area contributed by atoms with E-state index in [1.54, 1.807) is 0 Å². The van der Waals surface area contributed by atoms with Gasteiger partial charge in [0.15, 0.2) is 0 Å². The monoisotopic (exact) mass is 337 g/mol. The lowest BCUT2D eigenvalue weighted by atomic mass is 10.1. The molecule has 0 aliphatic rings. The first-order valence-corrected chi connectivity index (χ1v) is 8.61. The van der Waals surface area contributed by atoms with Crippen molar-refractivity contribution >= 4 is 11.9 Å². The summed E-state index contributed by atoms with van der Waals surface area (Å²) < 4.78 is 1.90. The highest BCUT2D eigenvalue weighted by atomic mass is 15.3. The van der Waals surface area contributed by atoms with Crippen molar-refractivity contribution in [2.24, 2.45) is 4.99 Å². The van der Waals surface area contributed by atoms with Crippen molar-refractivity contribution in [2.75, 3.05) is 0 Å². The molecule has 0 fully saturated rings. The summed E-state index contributed by atoms with van der Waals surface area (Å²) in [4.78, 5) is 4.63. The molecule has 0 atom stereocenters. The number of para-hydroxylation sites is 1. The maximum atomic E-state index is 4.80. The fourth-order valence-corrected chi connectivity index (χ4v) is 2.79. The molecule has 3 nitrogen and oxygen atoms in total. The van der Waals surface area contributed by atoms with Gasteiger partial charge in [-0.2, -0.15) is 5.10 Å². The molecule has 26 heavy (non-hydrogen) atoms. The van der Waals surface area contributed by atoms with E-state index in [0.717, 1.165) is 28.2 Å². The summed E-state index contributed by atoms with van der Waals surface area (Å²) in [6, 6.07) is 28.5. The number of hydrogen-bond donors (Lipinski definition) is 0. The van der Waals surface area contributed by atoms with Gasteiger partial charge in [-0.3, -0.25) is 4.99 Å². The van der Waals surface area contributed by atoms with Gasteiger partial charge in [0.1, 0.15) is 5.69 Å². The van der Waals surface area contributed by atoms with E-state index in [1.165, 1.54) is 5.56 Å². The van der Waals surface area contributed by atoms with Crippen LogP contribution in [-0.2, 0) is 0 Å². The van der Waals surface area contributed by atoms with Crippen LogP contribution in [0.25, 0.3) is 16.9 Å². The maximum absolute atomic E-state index is 4.80. The summed E-state index contributed by atoms with van der Waals surface area (Å²) in [6.45, 7) is 2.07. The number of nitrogens with zero attached hydrogens (tertiary/aromatic N) is 3. The van der Waals surface area contributed by atoms with Crippen molar-refractivity contribution < 1.29 is 0 Å². The Balaban J connectivity index is 1.76. The lowest BCUT2D eigenvalue weighted by Crippen LogP contribution is -1.93. The number of aliphatic imine (C=N–C) groups is 1. The average Bonchev–Trinajstić information content (AvgIpc) is 3.13. The standard InChI is InChI=1S/C23H19N3/c1-18-12-14-21(15-13-18)24-16-20-17-26(22-10-6-3-7-11-22)25-23(20)19-8-4-2-5-9-19/h2-17H,1H3/b24-16+. The summed E-state index contributed by atoms with van der Waals surface area (Å²) >= 11 is 0. The molecular formula is C23H19N3. The minimum atomic E-state index is 0.922. The molecule has 0 aliphatic carbocycles. The minimum Gasteiger partial charge on any atom is -0.256 e. The normalized spacial score (nSPS) is 11.1. The number of hydrogen-bond acceptors (Lipinski definition) is 2. The van der Waals surface area contributed by atoms with Crippen LogP contribution in [0.5, 0.6) is 0 Å². The van der Waals surface area contributed by atoms with Gasteiger partial charge in [-0.05, 0) is 31.2 Å². The van der Waals surface area contributed by atoms with E-state index in [4.69, 9.17) is 5.10 Å². The summed E-state index contributed by atoms with van der Waals surface area (Å²) in [6.07, 6.45) is 3.91. The predicted octanol–water partition coefficient (Wildman–Crippen LogP) is 5.60. The molecule has 3 aromatic carbocycles. The van der Waals surface area contributed by atoms with Crippen LogP contribution >= 0.6 is 0 Å². The molecule has 3 heteroatoms. The van der Waals surface area contributed by atoms with Crippen LogP contribution in [-0.4, -0.2) is 16.0 Å². The highest BCUT2D eigenvalue weighted by Gasteiger charge is 2.10. The second-order valence-corrected chi connectivity index (χ2v) is 6.17. The molecular weight excluding hydrogens is 318 g/mol. The average molecular weight is 337 g/mol. The van der Waals surface area contributed by atoms with Crippen molar-refractivity contribution in [1.82, 2.24) is 9.78 Å². The second kappa shape index (κ2) is 7.19. The lowest BCUT2D eigenvalue weighted by molar-refractivity contribution is 0.884. The van der Waals surface area contributed by atoms with E-state index in [9.17, 15) is 0 Å². The molecule has 126 valence electrons. The van der Waals surface area contributed by atoms with Gasteiger partial charge in [-0.25, -0.2) is 4.68 Å². The largest absolute Gasteiger partial charge is 0.256 e. The highest BCUT2D eigenvalue weighted by Crippen LogP contribution is 2.23. The van der Waals surface area contributed by atoms with Crippen molar-refractivity contribution in [2.45, 2.75) is 6.92 Å². The Morgan fingerprint density at radius 3 is 2.15 bits per heavy atom. The van der Waals surface area contributed by atoms with Crippen LogP contribution in [0.4, 0.5) is 5.69 Å². The third kappa shape index (κ3) is 3.47. The van der Waals surface area contributed by atoms with Crippen molar-refractivity contribution in [3.63, 3.8) is 0 Å². The zero-order chi connectivity index (χ0) is 17.8. The van der Waals surface area contributed by atoms with Crippen molar-refractivity contribution in [3.05, 3.63) is 102 Å². The molecule has 0 aliphatic heterocycles. The number of benzene rings is 3. The third-order valence-corrected chi connectivity index (χ3v) is 4.20. The lowest BCUT2D eigenvalue weighted by Gasteiger charge is -2.00. The van der Waals surface area contributed by atoms with Gasteiger partial charge in [0.2, 0.25) is 0 Å². The number of rotatable bonds is 4. The van der Waals surface area contributed by atoms with E-state index < -0.39 is 0 Å². The molecule has 0 amide bonds. The van der Waals surface area contributed by atoms with Gasteiger partial charge in [0.05, 0.1) is 11.4 Å². The van der Waals surface area contributed by atoms with E-state index in [0.29, 0.717) is 0 Å². The Hall–Kier alpha value is -3.46. The molecule has 0 spiro atoms. The summed E-state index contributed by atoms with van der Waals surface area (Å²) in [5, 5.41) is 4.80. The predicted molar refractivity (Wildman–Crippen MR) is 107 cm³/mol. The topological polar surface area (TPSA) is 30.2 Å². The minimum absolute atomic E-state index is 0.922. The first-order chi connectivity index (χ1) is 12.8. The summed E-state index contributed by atoms with van der Waals surface area (Å²) in [5.41, 5.74) is 6.17. The van der Waals surface area contributed by atoms with Crippen LogP contribution < -0.4 is 0 Å². The van der Waals surface area contributed by atoms with E-state index >= 15 is 0 Å². The fraction of sp³-hybridized carbons (Fsp3) is 0.0435. The van der Waals surface area contributed by atoms with Gasteiger partial charge in [0.25, 0.3) is 0 Å². The van der Waals surface area contributed by atoms with E-state index in [2.05, 4.69) is 36.2 Å². The molecule has 4 rings (SSSR count). The van der Waals surface area contributed by atoms with Gasteiger partial charge >= 0.3 is 0 Å². The van der Waals surface area contributed by atoms with Gasteiger partial charge in [-0.1, -0.05) is 66.2 Å². The number of aryl methyl sites for hydroxylation is 1. The fourth-order valence-electron chi connectivity index (χ4n) is 2.79. The number of aromatic nitrogens is 2. The first-order valence-electron chi connectivity index (χ1n) is 8.61. The Morgan fingerprint density at radius 2 is 1.46 bits per heavy atom. The molecule has 0 unspecified atom stereocenters. The van der Waals surface area contributed by atoms with E-state index in [1.807, 2.05) is 77.8 Å². The maximum Gasteiger partial charge on any atom is 0.101 e. The van der Waals surface area contributed by atoms with Gasteiger partial charge < -0.3 is 0 Å². The zero-order valence-corrected chi connectivity index (χ0v) is 14.6. The Bertz CT molecular complexity index is 1010. The summed E-state index contributed by atoms with van der Waals surface area (Å²) in [7, 11) is 0. The van der Waals surface area contributed by atoms with Crippen LogP contribution in [0.2, 0.25) is 0 Å². The quantitative estimate of drug-likeness (QED) is 0.446. The van der Waals surface area contributed by atoms with Crippen LogP contribution in [0.1, 0.15) is 11.1 Å². The summed E-state index contributed by atoms with van der Waals surface area (Å²) in [5.74, 6) is 0. The molecule has 0 saturated heterocycles. The SMILES string of the molecule is Cc1ccc(/N=C/c2cn(-c3ccccc3)nc2-c2ccccc2)cc1. The first kappa shape index (κ1) is 16.0. The van der Waals surface area contributed by atoms with Gasteiger partial charge in [0, 0.05) is 23.5 Å². The van der Waals surface area contributed by atoms with Crippen molar-refractivity contribution in [3.8, 4) is 16.9 Å². The molecule has 0 bridgehead atoms. The van der Waals surface area contributed by atoms with Gasteiger partial charge in [-0.15, -0.1) is 0 Å². The highest BCUT2D eigenvalue weighted by molar-refractivity contribution is 5.90. The Labute approximate surface area is 153 Å². The van der Waals surface area contributed by atoms with Crippen LogP contribution in [0.15, 0.2) is 96.1 Å². The smallest absolute Gasteiger partial charge is 0.101 e. The second-order valence-electron chi connectivity index (χ2n) is 6.17. The Morgan fingerprint density at radius 1 is 0.808 bits per heavy atom.